The molecule has 1 aromatic rings. The Labute approximate surface area is 123 Å². The van der Waals surface area contributed by atoms with E-state index in [0.717, 1.165) is 38.1 Å². The molecule has 1 saturated heterocycles. The summed E-state index contributed by atoms with van der Waals surface area (Å²) in [5.41, 5.74) is 0.340. The van der Waals surface area contributed by atoms with Crippen LogP contribution >= 0.6 is 0 Å². The van der Waals surface area contributed by atoms with Crippen LogP contribution in [0, 0.1) is 17.6 Å². The van der Waals surface area contributed by atoms with E-state index in [2.05, 4.69) is 5.32 Å². The van der Waals surface area contributed by atoms with E-state index in [0.29, 0.717) is 12.0 Å². The molecule has 1 aliphatic carbocycles. The van der Waals surface area contributed by atoms with E-state index in [1.54, 1.807) is 0 Å². The van der Waals surface area contributed by atoms with Crippen LogP contribution in [0.15, 0.2) is 18.2 Å². The predicted molar refractivity (Wildman–Crippen MR) is 75.9 cm³/mol. The lowest BCUT2D eigenvalue weighted by atomic mass is 10.0. The highest BCUT2D eigenvalue weighted by Gasteiger charge is 2.47. The van der Waals surface area contributed by atoms with E-state index >= 15 is 0 Å². The summed E-state index contributed by atoms with van der Waals surface area (Å²) in [4.78, 5) is 14.3. The van der Waals surface area contributed by atoms with Crippen molar-refractivity contribution in [1.82, 2.24) is 10.2 Å². The second-order valence-corrected chi connectivity index (χ2v) is 6.04. The number of carbonyl (C=O) groups excluding carboxylic acids is 1. The third-order valence-electron chi connectivity index (χ3n) is 4.67. The lowest BCUT2D eigenvalue weighted by Crippen LogP contribution is -2.44. The summed E-state index contributed by atoms with van der Waals surface area (Å²) in [5.74, 6) is -1.16. The van der Waals surface area contributed by atoms with E-state index in [4.69, 9.17) is 0 Å². The third kappa shape index (κ3) is 2.93. The summed E-state index contributed by atoms with van der Waals surface area (Å²) in [6, 6.07) is 3.73. The lowest BCUT2D eigenvalue weighted by molar-refractivity contribution is -0.133. The monoisotopic (exact) mass is 294 g/mol. The molecule has 1 aliphatic heterocycles. The molecule has 3 rings (SSSR count). The fraction of sp³-hybridized carbons (Fsp3) is 0.562. The van der Waals surface area contributed by atoms with E-state index < -0.39 is 11.6 Å². The van der Waals surface area contributed by atoms with Gasteiger partial charge in [0, 0.05) is 19.0 Å². The van der Waals surface area contributed by atoms with Crippen LogP contribution in [0.3, 0.4) is 0 Å². The highest BCUT2D eigenvalue weighted by Crippen LogP contribution is 2.49. The van der Waals surface area contributed by atoms with E-state index in [9.17, 15) is 13.6 Å². The molecule has 2 aliphatic rings. The number of hydrogen-bond donors (Lipinski definition) is 1. The van der Waals surface area contributed by atoms with Gasteiger partial charge in [0.15, 0.2) is 0 Å². The Balaban J connectivity index is 1.66. The zero-order valence-corrected chi connectivity index (χ0v) is 12.1. The van der Waals surface area contributed by atoms with Crippen LogP contribution < -0.4 is 5.32 Å². The van der Waals surface area contributed by atoms with Gasteiger partial charge >= 0.3 is 0 Å². The van der Waals surface area contributed by atoms with Crippen molar-refractivity contribution >= 4 is 5.91 Å². The number of amides is 1. The van der Waals surface area contributed by atoms with Crippen molar-refractivity contribution in [3.8, 4) is 0 Å². The Morgan fingerprint density at radius 1 is 1.29 bits per heavy atom. The number of carbonyl (C=O) groups is 1. The van der Waals surface area contributed by atoms with Gasteiger partial charge in [0.05, 0.1) is 0 Å². The molecule has 2 atom stereocenters. The fourth-order valence-electron chi connectivity index (χ4n) is 3.25. The molecule has 5 heteroatoms. The second-order valence-electron chi connectivity index (χ2n) is 6.04. The number of halogens is 2. The molecule has 3 nitrogen and oxygen atoms in total. The van der Waals surface area contributed by atoms with E-state index in [-0.39, 0.29) is 23.8 Å². The smallest absolute Gasteiger partial charge is 0.226 e. The van der Waals surface area contributed by atoms with Gasteiger partial charge in [-0.15, -0.1) is 0 Å². The fourth-order valence-corrected chi connectivity index (χ4v) is 3.25. The average molecular weight is 294 g/mol. The number of rotatable bonds is 3. The topological polar surface area (TPSA) is 32.3 Å². The number of benzene rings is 1. The van der Waals surface area contributed by atoms with Gasteiger partial charge in [0.25, 0.3) is 0 Å². The molecule has 0 spiro atoms. The first kappa shape index (κ1) is 14.4. The van der Waals surface area contributed by atoms with E-state index in [1.807, 2.05) is 11.9 Å². The first-order valence-corrected chi connectivity index (χ1v) is 7.50. The number of nitrogens with zero attached hydrogens (tertiary/aromatic N) is 1. The van der Waals surface area contributed by atoms with E-state index in [1.165, 1.54) is 6.07 Å². The van der Waals surface area contributed by atoms with Gasteiger partial charge in [-0.2, -0.15) is 0 Å². The van der Waals surface area contributed by atoms with Crippen LogP contribution in [0.2, 0.25) is 0 Å². The zero-order valence-electron chi connectivity index (χ0n) is 12.1. The Morgan fingerprint density at radius 2 is 2.00 bits per heavy atom. The Hall–Kier alpha value is -1.49. The number of hydrogen-bond acceptors (Lipinski definition) is 2. The summed E-state index contributed by atoms with van der Waals surface area (Å²) >= 11 is 0. The molecule has 0 radical (unpaired) electrons. The molecule has 0 aromatic heterocycles. The van der Waals surface area contributed by atoms with Crippen LogP contribution in [0.5, 0.6) is 0 Å². The van der Waals surface area contributed by atoms with Crippen molar-refractivity contribution < 1.29 is 13.6 Å². The van der Waals surface area contributed by atoms with Crippen molar-refractivity contribution in [3.05, 3.63) is 35.4 Å². The maximum atomic E-state index is 13.8. The highest BCUT2D eigenvalue weighted by atomic mass is 19.1. The Bertz CT molecular complexity index is 543. The van der Waals surface area contributed by atoms with Crippen molar-refractivity contribution in [1.29, 1.82) is 0 Å². The number of nitrogens with one attached hydrogen (secondary N) is 1. The van der Waals surface area contributed by atoms with Gasteiger partial charge in [0.2, 0.25) is 5.91 Å². The maximum Gasteiger partial charge on any atom is 0.226 e. The lowest BCUT2D eigenvalue weighted by Gasteiger charge is -2.32. The summed E-state index contributed by atoms with van der Waals surface area (Å²) < 4.78 is 27.0. The Morgan fingerprint density at radius 3 is 2.71 bits per heavy atom. The highest BCUT2D eigenvalue weighted by molar-refractivity contribution is 5.83. The summed E-state index contributed by atoms with van der Waals surface area (Å²) in [6.45, 7) is 1.85. The standard InChI is InChI=1S/C16H20F2N2O/c1-20(11-4-6-19-7-5-11)16(21)14-9-12(14)13-8-10(17)2-3-15(13)18/h2-3,8,11-12,14,19H,4-7,9H2,1H3. The van der Waals surface area contributed by atoms with Gasteiger partial charge in [-0.25, -0.2) is 8.78 Å². The molecule has 114 valence electrons. The molecule has 1 heterocycles. The normalized spacial score (nSPS) is 25.7. The minimum absolute atomic E-state index is 0.0653. The SMILES string of the molecule is CN(C(=O)C1CC1c1cc(F)ccc1F)C1CCNCC1. The second kappa shape index (κ2) is 5.72. The average Bonchev–Trinajstić information content (AvgIpc) is 3.29. The molecular formula is C16H20F2N2O. The van der Waals surface area contributed by atoms with Gasteiger partial charge in [0.1, 0.15) is 11.6 Å². The van der Waals surface area contributed by atoms with Crippen molar-refractivity contribution in [3.63, 3.8) is 0 Å². The van der Waals surface area contributed by atoms with Crippen LogP contribution in [0.1, 0.15) is 30.7 Å². The minimum atomic E-state index is -0.448. The van der Waals surface area contributed by atoms with Gasteiger partial charge in [-0.1, -0.05) is 0 Å². The first-order chi connectivity index (χ1) is 10.1. The maximum absolute atomic E-state index is 13.8. The van der Waals surface area contributed by atoms with Crippen LogP contribution in [0.4, 0.5) is 8.78 Å². The van der Waals surface area contributed by atoms with Crippen molar-refractivity contribution in [2.45, 2.75) is 31.2 Å². The molecule has 1 N–H and O–H groups in total. The molecule has 2 fully saturated rings. The number of piperidine rings is 1. The molecular weight excluding hydrogens is 274 g/mol. The third-order valence-corrected chi connectivity index (χ3v) is 4.67. The summed E-state index contributed by atoms with van der Waals surface area (Å²) in [7, 11) is 1.83. The van der Waals surface area contributed by atoms with Crippen LogP contribution in [-0.4, -0.2) is 37.0 Å². The minimum Gasteiger partial charge on any atom is -0.342 e. The molecule has 1 amide bonds. The van der Waals surface area contributed by atoms with Gasteiger partial charge in [-0.05, 0) is 62.0 Å². The quantitative estimate of drug-likeness (QED) is 0.927. The summed E-state index contributed by atoms with van der Waals surface area (Å²) in [5, 5.41) is 3.27. The first-order valence-electron chi connectivity index (χ1n) is 7.50. The van der Waals surface area contributed by atoms with Crippen LogP contribution in [-0.2, 0) is 4.79 Å². The molecule has 0 bridgehead atoms. The Kier molecular flexibility index (Phi) is 3.93. The molecule has 1 saturated carbocycles. The zero-order chi connectivity index (χ0) is 15.0. The molecule has 2 unspecified atom stereocenters. The molecule has 1 aromatic carbocycles. The molecule has 21 heavy (non-hydrogen) atoms. The predicted octanol–water partition coefficient (Wildman–Crippen LogP) is 2.28. The van der Waals surface area contributed by atoms with Gasteiger partial charge in [-0.3, -0.25) is 4.79 Å². The van der Waals surface area contributed by atoms with Gasteiger partial charge < -0.3 is 10.2 Å². The summed E-state index contributed by atoms with van der Waals surface area (Å²) in [6.07, 6.45) is 2.52. The van der Waals surface area contributed by atoms with Crippen molar-refractivity contribution in [2.24, 2.45) is 5.92 Å². The van der Waals surface area contributed by atoms with Crippen molar-refractivity contribution in [2.75, 3.05) is 20.1 Å². The largest absolute Gasteiger partial charge is 0.342 e. The van der Waals surface area contributed by atoms with Crippen LogP contribution in [0.25, 0.3) is 0 Å².